The van der Waals surface area contributed by atoms with Gasteiger partial charge in [-0.25, -0.2) is 0 Å². The summed E-state index contributed by atoms with van der Waals surface area (Å²) in [5.74, 6) is -0.478. The summed E-state index contributed by atoms with van der Waals surface area (Å²) in [7, 11) is 1.76. The van der Waals surface area contributed by atoms with Gasteiger partial charge in [-0.2, -0.15) is 13.2 Å². The van der Waals surface area contributed by atoms with Crippen LogP contribution in [0.15, 0.2) is 36.4 Å². The molecule has 0 aliphatic carbocycles. The van der Waals surface area contributed by atoms with Crippen LogP contribution in [0.2, 0.25) is 10.0 Å². The normalized spacial score (nSPS) is 13.1. The maximum atomic E-state index is 13.3. The van der Waals surface area contributed by atoms with Crippen molar-refractivity contribution >= 4 is 50.7 Å². The molecular weight excluding hydrogens is 426 g/mol. The molecule has 0 saturated carbocycles. The fourth-order valence-electron chi connectivity index (χ4n) is 3.40. The van der Waals surface area contributed by atoms with E-state index in [1.54, 1.807) is 19.2 Å². The highest BCUT2D eigenvalue weighted by Gasteiger charge is 2.31. The zero-order chi connectivity index (χ0) is 21.3. The van der Waals surface area contributed by atoms with Gasteiger partial charge in [0.2, 0.25) is 0 Å². The number of halogens is 5. The number of fused-ring (bicyclic) bond motifs is 3. The molecule has 3 nitrogen and oxygen atoms in total. The Morgan fingerprint density at radius 3 is 2.38 bits per heavy atom. The highest BCUT2D eigenvalue weighted by atomic mass is 35.5. The second kappa shape index (κ2) is 8.38. The van der Waals surface area contributed by atoms with Gasteiger partial charge in [0.15, 0.2) is 0 Å². The molecule has 0 spiro atoms. The van der Waals surface area contributed by atoms with Crippen molar-refractivity contribution in [2.45, 2.75) is 25.6 Å². The van der Waals surface area contributed by atoms with Gasteiger partial charge in [-0.1, -0.05) is 29.3 Å². The predicted octanol–water partition coefficient (Wildman–Crippen LogP) is 6.53. The van der Waals surface area contributed by atoms with Gasteiger partial charge in [0.05, 0.1) is 5.56 Å². The predicted molar refractivity (Wildman–Crippen MR) is 110 cm³/mol. The van der Waals surface area contributed by atoms with Crippen molar-refractivity contribution in [3.05, 3.63) is 57.6 Å². The lowest BCUT2D eigenvalue weighted by Crippen LogP contribution is -2.16. The highest BCUT2D eigenvalue weighted by Crippen LogP contribution is 2.41. The number of carbonyl (C=O) groups is 1. The monoisotopic (exact) mass is 443 g/mol. The fourth-order valence-corrected chi connectivity index (χ4v) is 3.95. The van der Waals surface area contributed by atoms with Crippen LogP contribution in [0.5, 0.6) is 0 Å². The molecule has 0 aromatic heterocycles. The molecule has 0 bridgehead atoms. The summed E-state index contributed by atoms with van der Waals surface area (Å²) in [6.07, 6.45) is -4.70. The zero-order valence-corrected chi connectivity index (χ0v) is 17.2. The molecule has 1 atom stereocenters. The van der Waals surface area contributed by atoms with Gasteiger partial charge in [-0.3, -0.25) is 4.79 Å². The van der Waals surface area contributed by atoms with Crippen LogP contribution >= 0.6 is 23.2 Å². The summed E-state index contributed by atoms with van der Waals surface area (Å²) < 4.78 is 45.5. The van der Waals surface area contributed by atoms with E-state index in [1.165, 1.54) is 19.1 Å². The minimum Gasteiger partial charge on any atom is -0.458 e. The second-order valence-corrected chi connectivity index (χ2v) is 7.54. The fraction of sp³-hybridized carbons (Fsp3) is 0.286. The summed E-state index contributed by atoms with van der Waals surface area (Å²) in [6, 6.07) is 8.38. The third-order valence-corrected chi connectivity index (χ3v) is 5.18. The highest BCUT2D eigenvalue weighted by molar-refractivity contribution is 6.39. The lowest BCUT2D eigenvalue weighted by Gasteiger charge is -2.21. The van der Waals surface area contributed by atoms with Crippen LogP contribution in [0.25, 0.3) is 21.5 Å². The van der Waals surface area contributed by atoms with Crippen molar-refractivity contribution in [2.75, 3.05) is 13.6 Å². The Morgan fingerprint density at radius 1 is 1.07 bits per heavy atom. The van der Waals surface area contributed by atoms with Crippen molar-refractivity contribution in [3.63, 3.8) is 0 Å². The van der Waals surface area contributed by atoms with Gasteiger partial charge in [-0.05, 0) is 60.1 Å². The Balaban J connectivity index is 2.37. The average molecular weight is 444 g/mol. The largest absolute Gasteiger partial charge is 0.458 e. The van der Waals surface area contributed by atoms with Crippen LogP contribution in [-0.4, -0.2) is 19.6 Å². The van der Waals surface area contributed by atoms with Crippen LogP contribution in [0, 0.1) is 0 Å². The van der Waals surface area contributed by atoms with Crippen LogP contribution < -0.4 is 5.32 Å². The molecule has 0 fully saturated rings. The van der Waals surface area contributed by atoms with Gasteiger partial charge in [0, 0.05) is 34.3 Å². The van der Waals surface area contributed by atoms with Crippen molar-refractivity contribution in [3.8, 4) is 0 Å². The third kappa shape index (κ3) is 4.60. The standard InChI is InChI=1S/C21H18Cl2F3NO2/c1-11(28)29-20(5-6-27-2)18-10-17-16(8-13(22)9-19(17)23)15-7-12(21(24,25)26)3-4-14(15)18/h3-4,7-10,20,27H,5-6H2,1-2H3/t20-/m0/s1. The summed E-state index contributed by atoms with van der Waals surface area (Å²) in [5, 5.41) is 5.56. The Hall–Kier alpha value is -2.02. The minimum absolute atomic E-state index is 0.309. The van der Waals surface area contributed by atoms with Gasteiger partial charge >= 0.3 is 12.1 Å². The van der Waals surface area contributed by atoms with E-state index in [9.17, 15) is 18.0 Å². The molecule has 0 heterocycles. The molecular formula is C21H18Cl2F3NO2. The van der Waals surface area contributed by atoms with E-state index in [-0.39, 0.29) is 0 Å². The first-order chi connectivity index (χ1) is 13.6. The van der Waals surface area contributed by atoms with E-state index in [0.29, 0.717) is 50.1 Å². The Labute approximate surface area is 175 Å². The van der Waals surface area contributed by atoms with E-state index in [1.807, 2.05) is 0 Å². The zero-order valence-electron chi connectivity index (χ0n) is 15.7. The van der Waals surface area contributed by atoms with Crippen molar-refractivity contribution in [1.29, 1.82) is 0 Å². The third-order valence-electron chi connectivity index (χ3n) is 4.65. The van der Waals surface area contributed by atoms with Crippen molar-refractivity contribution in [2.24, 2.45) is 0 Å². The minimum atomic E-state index is -4.50. The van der Waals surface area contributed by atoms with E-state index in [2.05, 4.69) is 5.32 Å². The Kier molecular flexibility index (Phi) is 6.27. The molecule has 154 valence electrons. The first kappa shape index (κ1) is 21.7. The summed E-state index contributed by atoms with van der Waals surface area (Å²) in [6.45, 7) is 1.84. The summed E-state index contributed by atoms with van der Waals surface area (Å²) >= 11 is 12.5. The quantitative estimate of drug-likeness (QED) is 0.359. The number of rotatable bonds is 5. The molecule has 0 unspecified atom stereocenters. The van der Waals surface area contributed by atoms with Crippen molar-refractivity contribution < 1.29 is 22.7 Å². The number of hydrogen-bond donors (Lipinski definition) is 1. The summed E-state index contributed by atoms with van der Waals surface area (Å²) in [4.78, 5) is 11.7. The van der Waals surface area contributed by atoms with Gasteiger partial charge in [0.1, 0.15) is 6.10 Å². The topological polar surface area (TPSA) is 38.3 Å². The molecule has 3 aromatic rings. The molecule has 0 aliphatic heterocycles. The number of ether oxygens (including phenoxy) is 1. The molecule has 0 aliphatic rings. The first-order valence-corrected chi connectivity index (χ1v) is 9.62. The average Bonchev–Trinajstić information content (AvgIpc) is 2.63. The molecule has 1 N–H and O–H groups in total. The Morgan fingerprint density at radius 2 is 1.76 bits per heavy atom. The smallest absolute Gasteiger partial charge is 0.416 e. The molecule has 3 rings (SSSR count). The molecule has 0 amide bonds. The summed E-state index contributed by atoms with van der Waals surface area (Å²) in [5.41, 5.74) is -0.185. The SMILES string of the molecule is CNCC[C@H](OC(C)=O)c1cc2c(Cl)cc(Cl)cc2c2cc(C(F)(F)F)ccc12. The van der Waals surface area contributed by atoms with Gasteiger partial charge < -0.3 is 10.1 Å². The lowest BCUT2D eigenvalue weighted by molar-refractivity contribution is -0.147. The number of hydrogen-bond acceptors (Lipinski definition) is 3. The molecule has 3 aromatic carbocycles. The molecule has 0 saturated heterocycles. The van der Waals surface area contributed by atoms with E-state index >= 15 is 0 Å². The van der Waals surface area contributed by atoms with E-state index in [4.69, 9.17) is 27.9 Å². The maximum Gasteiger partial charge on any atom is 0.416 e. The number of nitrogens with one attached hydrogen (secondary N) is 1. The van der Waals surface area contributed by atoms with E-state index < -0.39 is 23.8 Å². The van der Waals surface area contributed by atoms with Crippen LogP contribution in [-0.2, 0) is 15.7 Å². The van der Waals surface area contributed by atoms with Crippen LogP contribution in [0.3, 0.4) is 0 Å². The van der Waals surface area contributed by atoms with E-state index in [0.717, 1.165) is 12.1 Å². The van der Waals surface area contributed by atoms with Crippen LogP contribution in [0.1, 0.15) is 30.6 Å². The lowest BCUT2D eigenvalue weighted by atomic mass is 9.92. The second-order valence-electron chi connectivity index (χ2n) is 6.70. The molecule has 8 heteroatoms. The first-order valence-electron chi connectivity index (χ1n) is 8.86. The molecule has 29 heavy (non-hydrogen) atoms. The number of benzene rings is 3. The maximum absolute atomic E-state index is 13.3. The van der Waals surface area contributed by atoms with Crippen molar-refractivity contribution in [1.82, 2.24) is 5.32 Å². The number of esters is 1. The van der Waals surface area contributed by atoms with Gasteiger partial charge in [0.25, 0.3) is 0 Å². The van der Waals surface area contributed by atoms with Gasteiger partial charge in [-0.15, -0.1) is 0 Å². The Bertz CT molecular complexity index is 1080. The molecule has 0 radical (unpaired) electrons. The number of alkyl halides is 3. The number of carbonyl (C=O) groups excluding carboxylic acids is 1. The van der Waals surface area contributed by atoms with Crippen LogP contribution in [0.4, 0.5) is 13.2 Å².